The van der Waals surface area contributed by atoms with E-state index in [9.17, 15) is 9.59 Å². The fraction of sp³-hybridized carbons (Fsp3) is 0.444. The Balaban J connectivity index is 0.000000245. The van der Waals surface area contributed by atoms with Crippen LogP contribution in [-0.4, -0.2) is 36.4 Å². The van der Waals surface area contributed by atoms with Gasteiger partial charge in [-0.15, -0.1) is 0 Å². The zero-order valence-corrected chi connectivity index (χ0v) is 29.8. The van der Waals surface area contributed by atoms with Gasteiger partial charge < -0.3 is 18.3 Å². The monoisotopic (exact) mass is 634 g/mol. The molecule has 1 saturated carbocycles. The van der Waals surface area contributed by atoms with Gasteiger partial charge in [0.15, 0.2) is 17.4 Å². The van der Waals surface area contributed by atoms with Crippen molar-refractivity contribution in [1.82, 2.24) is 0 Å². The largest absolute Gasteiger partial charge is 0.497 e. The number of carbonyl (C=O) groups is 2. The van der Waals surface area contributed by atoms with Crippen molar-refractivity contribution in [2.24, 2.45) is 0 Å². The Morgan fingerprint density at radius 1 is 0.773 bits per heavy atom. The number of para-hydroxylation sites is 1. The molecule has 3 aromatic carbocycles. The highest BCUT2D eigenvalue weighted by Crippen LogP contribution is 2.45. The molecule has 0 bridgehead atoms. The van der Waals surface area contributed by atoms with Crippen molar-refractivity contribution in [2.45, 2.75) is 96.4 Å². The summed E-state index contributed by atoms with van der Waals surface area (Å²) in [5.41, 5.74) is 3.78. The van der Waals surface area contributed by atoms with Crippen molar-refractivity contribution in [2.75, 3.05) is 7.11 Å². The van der Waals surface area contributed by atoms with Gasteiger partial charge in [-0.1, -0.05) is 61.7 Å². The first-order valence-corrected chi connectivity index (χ1v) is 21.7. The number of hydrogen-bond donors (Lipinski definition) is 0. The molecule has 0 aliphatic heterocycles. The first kappa shape index (κ1) is 35.3. The normalized spacial score (nSPS) is 14.3. The third kappa shape index (κ3) is 10.8. The molecule has 0 aromatic heterocycles. The molecule has 1 fully saturated rings. The third-order valence-electron chi connectivity index (χ3n) is 8.02. The number of benzene rings is 3. The highest BCUT2D eigenvalue weighted by molar-refractivity contribution is 6.77. The van der Waals surface area contributed by atoms with Crippen LogP contribution in [0.4, 0.5) is 0 Å². The maximum absolute atomic E-state index is 11.1. The molecule has 0 heterocycles. The molecule has 0 radical (unpaired) electrons. The van der Waals surface area contributed by atoms with Crippen LogP contribution < -0.4 is 14.2 Å². The third-order valence-corrected chi connectivity index (χ3v) is 14.0. The fourth-order valence-corrected chi connectivity index (χ4v) is 12.8. The van der Waals surface area contributed by atoms with Crippen molar-refractivity contribution in [1.29, 1.82) is 0 Å². The lowest BCUT2D eigenvalue weighted by molar-refractivity contribution is -0.132. The Kier molecular flexibility index (Phi) is 13.4. The van der Waals surface area contributed by atoms with Crippen molar-refractivity contribution < 1.29 is 27.9 Å². The van der Waals surface area contributed by atoms with Crippen molar-refractivity contribution in [3.05, 3.63) is 89.5 Å². The SMILES string of the molecule is CC(=O)Oc1ccccc1CCC[Si](C)(C)O[SiH](C)C.COc1ccc(C2(c3ccc(OC(C)=O)cc3)CCCCC2)cc1. The van der Waals surface area contributed by atoms with E-state index >= 15 is 0 Å². The Bertz CT molecular complexity index is 1330. The van der Waals surface area contributed by atoms with E-state index in [-0.39, 0.29) is 17.4 Å². The summed E-state index contributed by atoms with van der Waals surface area (Å²) in [7, 11) is -0.771. The summed E-state index contributed by atoms with van der Waals surface area (Å²) in [6, 6.07) is 25.4. The molecule has 0 atom stereocenters. The van der Waals surface area contributed by atoms with Crippen LogP contribution in [0.3, 0.4) is 0 Å². The molecule has 0 amide bonds. The predicted molar refractivity (Wildman–Crippen MR) is 183 cm³/mol. The lowest BCUT2D eigenvalue weighted by Crippen LogP contribution is -2.35. The first-order chi connectivity index (χ1) is 20.9. The quantitative estimate of drug-likeness (QED) is 0.119. The van der Waals surface area contributed by atoms with Gasteiger partial charge in [-0.2, -0.15) is 0 Å². The van der Waals surface area contributed by atoms with E-state index in [0.717, 1.165) is 43.0 Å². The molecule has 1 aliphatic rings. The molecule has 0 spiro atoms. The Morgan fingerprint density at radius 2 is 1.32 bits per heavy atom. The minimum atomic E-state index is -1.52. The number of aryl methyl sites for hydroxylation is 1. The second-order valence-corrected chi connectivity index (χ2v) is 19.5. The zero-order chi connectivity index (χ0) is 32.2. The van der Waals surface area contributed by atoms with Crippen molar-refractivity contribution >= 4 is 29.3 Å². The van der Waals surface area contributed by atoms with Crippen molar-refractivity contribution in [3.8, 4) is 17.2 Å². The minimum Gasteiger partial charge on any atom is -0.497 e. The van der Waals surface area contributed by atoms with Crippen LogP contribution in [0, 0.1) is 0 Å². The molecular formula is C36H50O6Si2. The second-order valence-electron chi connectivity index (χ2n) is 12.5. The maximum Gasteiger partial charge on any atom is 0.308 e. The van der Waals surface area contributed by atoms with Crippen LogP contribution in [0.15, 0.2) is 72.8 Å². The van der Waals surface area contributed by atoms with E-state index in [1.165, 1.54) is 44.2 Å². The van der Waals surface area contributed by atoms with Gasteiger partial charge in [-0.25, -0.2) is 0 Å². The van der Waals surface area contributed by atoms with Crippen molar-refractivity contribution in [3.63, 3.8) is 0 Å². The van der Waals surface area contributed by atoms with Gasteiger partial charge >= 0.3 is 11.9 Å². The molecule has 3 aromatic rings. The highest BCUT2D eigenvalue weighted by atomic mass is 28.4. The standard InChI is InChI=1S/C21H24O3.C15H26O3Si2/c1-16(22)24-20-12-8-18(9-13-20)21(14-4-3-5-15-21)17-6-10-19(23-2)11-7-17;1-13(16)17-15-11-7-6-9-14(15)10-8-12-20(4,5)18-19(2)3/h6-13H,3-5,14-15H2,1-2H3;6-7,9,11,19H,8,10,12H2,1-5H3. The molecule has 238 valence electrons. The summed E-state index contributed by atoms with van der Waals surface area (Å²) >= 11 is 0. The second kappa shape index (κ2) is 16.8. The molecular weight excluding hydrogens is 585 g/mol. The van der Waals surface area contributed by atoms with Crippen LogP contribution in [-0.2, 0) is 25.5 Å². The van der Waals surface area contributed by atoms with E-state index in [1.54, 1.807) is 7.11 Å². The summed E-state index contributed by atoms with van der Waals surface area (Å²) in [6.45, 7) is 11.9. The number of hydrogen-bond acceptors (Lipinski definition) is 6. The summed E-state index contributed by atoms with van der Waals surface area (Å²) in [6.07, 6.45) is 8.07. The Morgan fingerprint density at radius 3 is 1.84 bits per heavy atom. The average Bonchev–Trinajstić information content (AvgIpc) is 2.98. The number of carbonyl (C=O) groups excluding carboxylic acids is 2. The lowest BCUT2D eigenvalue weighted by atomic mass is 9.65. The van der Waals surface area contributed by atoms with E-state index in [0.29, 0.717) is 11.5 Å². The topological polar surface area (TPSA) is 71.1 Å². The molecule has 1 aliphatic carbocycles. The van der Waals surface area contributed by atoms with Crippen LogP contribution in [0.2, 0.25) is 32.2 Å². The van der Waals surface area contributed by atoms with E-state index in [2.05, 4.69) is 50.5 Å². The predicted octanol–water partition coefficient (Wildman–Crippen LogP) is 8.62. The van der Waals surface area contributed by atoms with E-state index in [1.807, 2.05) is 48.5 Å². The summed E-state index contributed by atoms with van der Waals surface area (Å²) in [4.78, 5) is 22.2. The smallest absolute Gasteiger partial charge is 0.308 e. The van der Waals surface area contributed by atoms with Crippen LogP contribution >= 0.6 is 0 Å². The Labute approximate surface area is 266 Å². The van der Waals surface area contributed by atoms with Gasteiger partial charge in [0.2, 0.25) is 0 Å². The summed E-state index contributed by atoms with van der Waals surface area (Å²) in [5, 5.41) is 0. The molecule has 44 heavy (non-hydrogen) atoms. The minimum absolute atomic E-state index is 0.0409. The fourth-order valence-electron chi connectivity index (χ4n) is 6.18. The highest BCUT2D eigenvalue weighted by Gasteiger charge is 2.35. The lowest BCUT2D eigenvalue weighted by Gasteiger charge is -2.38. The van der Waals surface area contributed by atoms with Gasteiger partial charge in [0.05, 0.1) is 7.11 Å². The van der Waals surface area contributed by atoms with E-state index < -0.39 is 17.4 Å². The molecule has 0 unspecified atom stereocenters. The molecule has 4 rings (SSSR count). The van der Waals surface area contributed by atoms with Gasteiger partial charge in [-0.3, -0.25) is 9.59 Å². The maximum atomic E-state index is 11.1. The van der Waals surface area contributed by atoms with E-state index in [4.69, 9.17) is 18.3 Å². The molecule has 8 heteroatoms. The Hall–Kier alpha value is -3.21. The zero-order valence-electron chi connectivity index (χ0n) is 27.6. The first-order valence-electron chi connectivity index (χ1n) is 15.8. The number of rotatable bonds is 11. The summed E-state index contributed by atoms with van der Waals surface area (Å²) < 4.78 is 21.9. The average molecular weight is 635 g/mol. The van der Waals surface area contributed by atoms with Crippen LogP contribution in [0.5, 0.6) is 17.2 Å². The molecule has 6 nitrogen and oxygen atoms in total. The van der Waals surface area contributed by atoms with Gasteiger partial charge in [0, 0.05) is 19.3 Å². The number of ether oxygens (including phenoxy) is 3. The van der Waals surface area contributed by atoms with Crippen LogP contribution in [0.25, 0.3) is 0 Å². The van der Waals surface area contributed by atoms with Gasteiger partial charge in [0.25, 0.3) is 0 Å². The summed E-state index contributed by atoms with van der Waals surface area (Å²) in [5.74, 6) is 1.63. The number of esters is 2. The molecule has 0 N–H and O–H groups in total. The van der Waals surface area contributed by atoms with Gasteiger partial charge in [0.1, 0.15) is 17.2 Å². The number of methoxy groups -OCH3 is 1. The molecule has 0 saturated heterocycles. The van der Waals surface area contributed by atoms with Crippen LogP contribution in [0.1, 0.15) is 69.1 Å². The van der Waals surface area contributed by atoms with Gasteiger partial charge in [-0.05, 0) is 105 Å².